The van der Waals surface area contributed by atoms with Gasteiger partial charge in [0.25, 0.3) is 0 Å². The van der Waals surface area contributed by atoms with E-state index in [0.717, 1.165) is 11.6 Å². The van der Waals surface area contributed by atoms with Crippen LogP contribution in [0.1, 0.15) is 5.56 Å². The van der Waals surface area contributed by atoms with E-state index in [4.69, 9.17) is 15.1 Å². The molecule has 0 amide bonds. The van der Waals surface area contributed by atoms with Gasteiger partial charge >= 0.3 is 5.97 Å². The summed E-state index contributed by atoms with van der Waals surface area (Å²) in [4.78, 5) is 10.2. The molecule has 0 saturated carbocycles. The van der Waals surface area contributed by atoms with Gasteiger partial charge in [-0.3, -0.25) is 0 Å². The summed E-state index contributed by atoms with van der Waals surface area (Å²) in [6.07, 6.45) is 2.54. The maximum absolute atomic E-state index is 10.2. The second-order valence-corrected chi connectivity index (χ2v) is 2.69. The molecule has 0 fully saturated rings. The van der Waals surface area contributed by atoms with Crippen molar-refractivity contribution in [2.24, 2.45) is 0 Å². The van der Waals surface area contributed by atoms with Crippen molar-refractivity contribution in [2.45, 2.75) is 0 Å². The number of nitriles is 1. The molecular formula is C11H9NO3. The number of ether oxygens (including phenoxy) is 1. The normalized spacial score (nSPS) is 9.80. The number of benzene rings is 1. The van der Waals surface area contributed by atoms with Gasteiger partial charge in [-0.05, 0) is 23.8 Å². The van der Waals surface area contributed by atoms with Crippen molar-refractivity contribution in [2.75, 3.05) is 6.61 Å². The average Bonchev–Trinajstić information content (AvgIpc) is 2.25. The number of rotatable bonds is 4. The van der Waals surface area contributed by atoms with Gasteiger partial charge in [0.05, 0.1) is 0 Å². The topological polar surface area (TPSA) is 70.3 Å². The molecule has 0 aromatic heterocycles. The fourth-order valence-corrected chi connectivity index (χ4v) is 0.958. The van der Waals surface area contributed by atoms with Crippen LogP contribution in [0.3, 0.4) is 0 Å². The molecule has 76 valence electrons. The van der Waals surface area contributed by atoms with Gasteiger partial charge in [0.1, 0.15) is 11.8 Å². The zero-order valence-corrected chi connectivity index (χ0v) is 7.88. The maximum Gasteiger partial charge on any atom is 0.328 e. The summed E-state index contributed by atoms with van der Waals surface area (Å²) in [6.45, 7) is 0.00428. The van der Waals surface area contributed by atoms with E-state index in [1.807, 2.05) is 6.07 Å². The molecule has 0 aliphatic heterocycles. The Bertz CT molecular complexity index is 401. The number of aliphatic carboxylic acids is 1. The molecule has 4 nitrogen and oxygen atoms in total. The van der Waals surface area contributed by atoms with Crippen LogP contribution in [0.25, 0.3) is 6.08 Å². The Balaban J connectivity index is 2.64. The van der Waals surface area contributed by atoms with Gasteiger partial charge < -0.3 is 9.84 Å². The van der Waals surface area contributed by atoms with Gasteiger partial charge in [0.15, 0.2) is 6.61 Å². The Labute approximate surface area is 87.0 Å². The van der Waals surface area contributed by atoms with Crippen LogP contribution in [0, 0.1) is 11.3 Å². The smallest absolute Gasteiger partial charge is 0.328 e. The van der Waals surface area contributed by atoms with E-state index >= 15 is 0 Å². The van der Waals surface area contributed by atoms with Crippen LogP contribution in [0.2, 0.25) is 0 Å². The highest BCUT2D eigenvalue weighted by molar-refractivity contribution is 5.85. The first-order chi connectivity index (χ1) is 7.22. The molecule has 1 N–H and O–H groups in total. The van der Waals surface area contributed by atoms with Crippen LogP contribution < -0.4 is 4.74 Å². The monoisotopic (exact) mass is 203 g/mol. The number of hydrogen-bond donors (Lipinski definition) is 1. The van der Waals surface area contributed by atoms with E-state index in [-0.39, 0.29) is 6.61 Å². The van der Waals surface area contributed by atoms with Crippen molar-refractivity contribution in [1.29, 1.82) is 5.26 Å². The molecule has 0 unspecified atom stereocenters. The summed E-state index contributed by atoms with van der Waals surface area (Å²) >= 11 is 0. The first-order valence-electron chi connectivity index (χ1n) is 4.23. The zero-order valence-electron chi connectivity index (χ0n) is 7.88. The Morgan fingerprint density at radius 3 is 2.67 bits per heavy atom. The SMILES string of the molecule is N#CCOc1ccc(/C=C\C(=O)O)cc1. The summed E-state index contributed by atoms with van der Waals surface area (Å²) in [5.41, 5.74) is 0.765. The van der Waals surface area contributed by atoms with Crippen LogP contribution in [0.15, 0.2) is 30.3 Å². The lowest BCUT2D eigenvalue weighted by Gasteiger charge is -2.00. The van der Waals surface area contributed by atoms with Gasteiger partial charge in [-0.25, -0.2) is 4.79 Å². The predicted octanol–water partition coefficient (Wildman–Crippen LogP) is 1.69. The fraction of sp³-hybridized carbons (Fsp3) is 0.0909. The van der Waals surface area contributed by atoms with Crippen LogP contribution >= 0.6 is 0 Å². The highest BCUT2D eigenvalue weighted by atomic mass is 16.5. The third kappa shape index (κ3) is 3.96. The van der Waals surface area contributed by atoms with Crippen molar-refractivity contribution in [3.63, 3.8) is 0 Å². The number of carboxylic acids is 1. The van der Waals surface area contributed by atoms with Crippen molar-refractivity contribution < 1.29 is 14.6 Å². The Morgan fingerprint density at radius 2 is 2.13 bits per heavy atom. The Hall–Kier alpha value is -2.28. The largest absolute Gasteiger partial charge is 0.479 e. The number of carboxylic acid groups (broad SMARTS) is 1. The first-order valence-corrected chi connectivity index (χ1v) is 4.23. The van der Waals surface area contributed by atoms with Gasteiger partial charge in [-0.1, -0.05) is 12.1 Å². The number of hydrogen-bond acceptors (Lipinski definition) is 3. The number of carbonyl (C=O) groups is 1. The van der Waals surface area contributed by atoms with Crippen LogP contribution in [-0.2, 0) is 4.79 Å². The quantitative estimate of drug-likeness (QED) is 0.756. The minimum atomic E-state index is -0.986. The minimum Gasteiger partial charge on any atom is -0.479 e. The Morgan fingerprint density at radius 1 is 1.47 bits per heavy atom. The molecule has 1 aromatic rings. The molecule has 0 heterocycles. The highest BCUT2D eigenvalue weighted by Gasteiger charge is 1.93. The molecule has 1 rings (SSSR count). The van der Waals surface area contributed by atoms with Gasteiger partial charge in [-0.15, -0.1) is 0 Å². The van der Waals surface area contributed by atoms with E-state index in [9.17, 15) is 4.79 Å². The van der Waals surface area contributed by atoms with E-state index in [1.54, 1.807) is 24.3 Å². The lowest BCUT2D eigenvalue weighted by Crippen LogP contribution is -1.92. The van der Waals surface area contributed by atoms with Gasteiger partial charge in [0, 0.05) is 6.08 Å². The molecule has 0 spiro atoms. The molecule has 0 aliphatic rings. The van der Waals surface area contributed by atoms with Crippen LogP contribution in [-0.4, -0.2) is 17.7 Å². The van der Waals surface area contributed by atoms with E-state index in [0.29, 0.717) is 5.75 Å². The van der Waals surface area contributed by atoms with Crippen molar-refractivity contribution in [3.05, 3.63) is 35.9 Å². The number of nitrogens with zero attached hydrogens (tertiary/aromatic N) is 1. The molecule has 1 aromatic carbocycles. The van der Waals surface area contributed by atoms with Gasteiger partial charge in [-0.2, -0.15) is 5.26 Å². The maximum atomic E-state index is 10.2. The van der Waals surface area contributed by atoms with E-state index < -0.39 is 5.97 Å². The molecule has 0 aliphatic carbocycles. The van der Waals surface area contributed by atoms with E-state index in [2.05, 4.69) is 0 Å². The molecule has 0 bridgehead atoms. The fourth-order valence-electron chi connectivity index (χ4n) is 0.958. The minimum absolute atomic E-state index is 0.00428. The summed E-state index contributed by atoms with van der Waals surface area (Å²) in [5, 5.41) is 16.7. The molecule has 0 atom stereocenters. The van der Waals surface area contributed by atoms with Crippen molar-refractivity contribution in [1.82, 2.24) is 0 Å². The summed E-state index contributed by atoms with van der Waals surface area (Å²) < 4.78 is 5.03. The third-order valence-electron chi connectivity index (χ3n) is 1.60. The summed E-state index contributed by atoms with van der Waals surface area (Å²) in [5.74, 6) is -0.399. The van der Waals surface area contributed by atoms with Crippen molar-refractivity contribution in [3.8, 4) is 11.8 Å². The third-order valence-corrected chi connectivity index (χ3v) is 1.60. The van der Waals surface area contributed by atoms with E-state index in [1.165, 1.54) is 6.08 Å². The second kappa shape index (κ2) is 5.45. The first kappa shape index (κ1) is 10.8. The van der Waals surface area contributed by atoms with Gasteiger partial charge in [0.2, 0.25) is 0 Å². The lowest BCUT2D eigenvalue weighted by atomic mass is 10.2. The summed E-state index contributed by atoms with van der Waals surface area (Å²) in [6, 6.07) is 8.64. The molecule has 0 saturated heterocycles. The highest BCUT2D eigenvalue weighted by Crippen LogP contribution is 2.12. The molecule has 15 heavy (non-hydrogen) atoms. The predicted molar refractivity (Wildman–Crippen MR) is 54.2 cm³/mol. The average molecular weight is 203 g/mol. The molecular weight excluding hydrogens is 194 g/mol. The lowest BCUT2D eigenvalue weighted by molar-refractivity contribution is -0.131. The molecule has 0 radical (unpaired) electrons. The Kier molecular flexibility index (Phi) is 3.92. The van der Waals surface area contributed by atoms with Crippen LogP contribution in [0.4, 0.5) is 0 Å². The zero-order chi connectivity index (χ0) is 11.1. The second-order valence-electron chi connectivity index (χ2n) is 2.69. The summed E-state index contributed by atoms with van der Waals surface area (Å²) in [7, 11) is 0. The standard InChI is InChI=1S/C11H9NO3/c12-7-8-15-10-4-1-9(2-5-10)3-6-11(13)14/h1-6H,8H2,(H,13,14)/b6-3-. The van der Waals surface area contributed by atoms with Crippen LogP contribution in [0.5, 0.6) is 5.75 Å². The van der Waals surface area contributed by atoms with Crippen molar-refractivity contribution >= 4 is 12.0 Å². The molecule has 4 heteroatoms.